The zero-order chi connectivity index (χ0) is 22.7. The van der Waals surface area contributed by atoms with Gasteiger partial charge in [-0.15, -0.1) is 0 Å². The van der Waals surface area contributed by atoms with Gasteiger partial charge >= 0.3 is 0 Å². The van der Waals surface area contributed by atoms with Crippen molar-refractivity contribution in [2.75, 3.05) is 6.54 Å². The lowest BCUT2D eigenvalue weighted by Crippen LogP contribution is -2.40. The summed E-state index contributed by atoms with van der Waals surface area (Å²) in [6.07, 6.45) is 4.61. The lowest BCUT2D eigenvalue weighted by molar-refractivity contribution is 0.0893. The molecule has 1 amide bonds. The van der Waals surface area contributed by atoms with Crippen LogP contribution in [0.2, 0.25) is 5.02 Å². The fraction of sp³-hybridized carbons (Fsp3) is 0.462. The second-order valence-corrected chi connectivity index (χ2v) is 9.52. The molecule has 4 rings (SSSR count). The number of hydrogen-bond donors (Lipinski definition) is 1. The molecule has 2 aromatic rings. The topological polar surface area (TPSA) is 65.4 Å². The molecule has 2 aliphatic rings. The van der Waals surface area contributed by atoms with Crippen molar-refractivity contribution >= 4 is 17.5 Å². The Morgan fingerprint density at radius 1 is 1.16 bits per heavy atom. The third-order valence-corrected chi connectivity index (χ3v) is 6.93. The average molecular weight is 452 g/mol. The van der Waals surface area contributed by atoms with E-state index >= 15 is 0 Å². The van der Waals surface area contributed by atoms with Gasteiger partial charge in [0, 0.05) is 36.8 Å². The first kappa shape index (κ1) is 22.6. The number of benzene rings is 2. The van der Waals surface area contributed by atoms with E-state index in [4.69, 9.17) is 21.6 Å². The smallest absolute Gasteiger partial charge is 0.251 e. The Bertz CT molecular complexity index is 1020. The van der Waals surface area contributed by atoms with Crippen molar-refractivity contribution in [1.29, 1.82) is 5.26 Å². The summed E-state index contributed by atoms with van der Waals surface area (Å²) in [5, 5.41) is 12.6. The number of carbonyl (C=O) groups is 1. The molecule has 6 heteroatoms. The Morgan fingerprint density at radius 2 is 1.94 bits per heavy atom. The molecule has 1 fully saturated rings. The number of nitrogens with zero attached hydrogens (tertiary/aromatic N) is 2. The summed E-state index contributed by atoms with van der Waals surface area (Å²) in [7, 11) is 0. The summed E-state index contributed by atoms with van der Waals surface area (Å²) in [4.78, 5) is 15.3. The minimum absolute atomic E-state index is 0.0160. The van der Waals surface area contributed by atoms with Gasteiger partial charge in [-0.3, -0.25) is 9.69 Å². The second kappa shape index (κ2) is 9.94. The molecule has 0 bridgehead atoms. The van der Waals surface area contributed by atoms with Crippen molar-refractivity contribution in [2.45, 2.75) is 70.7 Å². The van der Waals surface area contributed by atoms with Gasteiger partial charge in [-0.05, 0) is 81.3 Å². The number of rotatable bonds is 5. The highest BCUT2D eigenvalue weighted by atomic mass is 35.5. The number of ether oxygens (including phenoxy) is 1. The molecule has 2 aromatic carbocycles. The van der Waals surface area contributed by atoms with Crippen molar-refractivity contribution in [2.24, 2.45) is 0 Å². The predicted molar refractivity (Wildman–Crippen MR) is 126 cm³/mol. The van der Waals surface area contributed by atoms with E-state index in [0.717, 1.165) is 50.8 Å². The van der Waals surface area contributed by atoms with E-state index in [9.17, 15) is 4.79 Å². The summed E-state index contributed by atoms with van der Waals surface area (Å²) in [6.45, 7) is 6.46. The third kappa shape index (κ3) is 5.26. The first-order valence-corrected chi connectivity index (χ1v) is 11.8. The molecule has 5 nitrogen and oxygen atoms in total. The van der Waals surface area contributed by atoms with Crippen LogP contribution in [0.5, 0.6) is 5.75 Å². The molecule has 0 unspecified atom stereocenters. The van der Waals surface area contributed by atoms with Crippen LogP contribution in [-0.4, -0.2) is 35.5 Å². The molecule has 1 aliphatic heterocycles. The number of amides is 1. The molecular weight excluding hydrogens is 422 g/mol. The van der Waals surface area contributed by atoms with Gasteiger partial charge in [0.05, 0.1) is 16.7 Å². The van der Waals surface area contributed by atoms with Gasteiger partial charge < -0.3 is 10.1 Å². The molecule has 0 aromatic heterocycles. The Kier molecular flexibility index (Phi) is 7.03. The molecule has 0 saturated heterocycles. The normalized spacial score (nSPS) is 21.0. The van der Waals surface area contributed by atoms with Crippen LogP contribution < -0.4 is 10.1 Å². The highest BCUT2D eigenvalue weighted by Gasteiger charge is 2.25. The van der Waals surface area contributed by atoms with Gasteiger partial charge in [0.15, 0.2) is 0 Å². The maximum atomic E-state index is 12.8. The maximum absolute atomic E-state index is 12.8. The molecule has 1 saturated carbocycles. The van der Waals surface area contributed by atoms with Crippen LogP contribution in [0.4, 0.5) is 0 Å². The second-order valence-electron chi connectivity index (χ2n) is 9.12. The minimum Gasteiger partial charge on any atom is -0.490 e. The highest BCUT2D eigenvalue weighted by Crippen LogP contribution is 2.28. The van der Waals surface area contributed by atoms with Crippen LogP contribution in [0, 0.1) is 11.3 Å². The SMILES string of the molecule is CC(C)N1CCc2cc(C(=O)N[C@H]3CC[C@H](Oc4ccc(C#N)c(Cl)c4)CC3)ccc2C1. The summed E-state index contributed by atoms with van der Waals surface area (Å²) in [6, 6.07) is 14.1. The lowest BCUT2D eigenvalue weighted by Gasteiger charge is -2.32. The summed E-state index contributed by atoms with van der Waals surface area (Å²) in [5.74, 6) is 0.703. The van der Waals surface area contributed by atoms with Crippen LogP contribution >= 0.6 is 11.6 Å². The molecular formula is C26H30ClN3O2. The van der Waals surface area contributed by atoms with Crippen LogP contribution in [0.3, 0.4) is 0 Å². The predicted octanol–water partition coefficient (Wildman–Crippen LogP) is 5.10. The van der Waals surface area contributed by atoms with Gasteiger partial charge in [0.2, 0.25) is 0 Å². The minimum atomic E-state index is 0.0160. The Hall–Kier alpha value is -2.55. The number of nitrogens with one attached hydrogen (secondary N) is 1. The number of carbonyl (C=O) groups excluding carboxylic acids is 1. The molecule has 0 radical (unpaired) electrons. The standard InChI is InChI=1S/C26H30ClN3O2/c1-17(2)30-12-11-18-13-19(3-4-21(18)16-30)26(31)29-22-6-9-23(10-7-22)32-24-8-5-20(15-28)25(27)14-24/h3-5,8,13-14,17,22-23H,6-7,9-12,16H2,1-2H3,(H,29,31)/t22-,23-. The van der Waals surface area contributed by atoms with E-state index in [1.807, 2.05) is 6.07 Å². The molecule has 0 spiro atoms. The fourth-order valence-corrected chi connectivity index (χ4v) is 4.82. The number of halogens is 1. The number of nitriles is 1. The first-order valence-electron chi connectivity index (χ1n) is 11.5. The van der Waals surface area contributed by atoms with Crippen LogP contribution in [0.15, 0.2) is 36.4 Å². The Morgan fingerprint density at radius 3 is 2.62 bits per heavy atom. The van der Waals surface area contributed by atoms with Crippen LogP contribution in [-0.2, 0) is 13.0 Å². The van der Waals surface area contributed by atoms with Gasteiger partial charge in [-0.2, -0.15) is 5.26 Å². The van der Waals surface area contributed by atoms with Gasteiger partial charge in [-0.25, -0.2) is 0 Å². The molecule has 32 heavy (non-hydrogen) atoms. The van der Waals surface area contributed by atoms with E-state index in [0.29, 0.717) is 22.4 Å². The highest BCUT2D eigenvalue weighted by molar-refractivity contribution is 6.31. The Balaban J connectivity index is 1.28. The maximum Gasteiger partial charge on any atom is 0.251 e. The zero-order valence-corrected chi connectivity index (χ0v) is 19.5. The largest absolute Gasteiger partial charge is 0.490 e. The van der Waals surface area contributed by atoms with Crippen molar-refractivity contribution in [1.82, 2.24) is 10.2 Å². The molecule has 1 aliphatic carbocycles. The summed E-state index contributed by atoms with van der Waals surface area (Å²) < 4.78 is 6.05. The molecule has 1 N–H and O–H groups in total. The van der Waals surface area contributed by atoms with Crippen molar-refractivity contribution in [3.8, 4) is 11.8 Å². The van der Waals surface area contributed by atoms with E-state index in [1.54, 1.807) is 18.2 Å². The van der Waals surface area contributed by atoms with Crippen molar-refractivity contribution < 1.29 is 9.53 Å². The van der Waals surface area contributed by atoms with Crippen molar-refractivity contribution in [3.63, 3.8) is 0 Å². The van der Waals surface area contributed by atoms with Gasteiger partial charge in [0.25, 0.3) is 5.91 Å². The molecule has 168 valence electrons. The van der Waals surface area contributed by atoms with Crippen LogP contribution in [0.25, 0.3) is 0 Å². The molecule has 1 heterocycles. The number of hydrogen-bond acceptors (Lipinski definition) is 4. The quantitative estimate of drug-likeness (QED) is 0.686. The third-order valence-electron chi connectivity index (χ3n) is 6.61. The van der Waals surface area contributed by atoms with Crippen LogP contribution in [0.1, 0.15) is 66.6 Å². The fourth-order valence-electron chi connectivity index (χ4n) is 4.60. The lowest BCUT2D eigenvalue weighted by atomic mass is 9.92. The average Bonchev–Trinajstić information content (AvgIpc) is 2.79. The van der Waals surface area contributed by atoms with E-state index in [1.165, 1.54) is 11.1 Å². The summed E-state index contributed by atoms with van der Waals surface area (Å²) in [5.41, 5.74) is 3.84. The van der Waals surface area contributed by atoms with E-state index < -0.39 is 0 Å². The zero-order valence-electron chi connectivity index (χ0n) is 18.7. The monoisotopic (exact) mass is 451 g/mol. The first-order chi connectivity index (χ1) is 15.4. The van der Waals surface area contributed by atoms with E-state index in [2.05, 4.69) is 42.3 Å². The van der Waals surface area contributed by atoms with E-state index in [-0.39, 0.29) is 18.1 Å². The van der Waals surface area contributed by atoms with Crippen molar-refractivity contribution in [3.05, 3.63) is 63.7 Å². The van der Waals surface area contributed by atoms with Gasteiger partial charge in [-0.1, -0.05) is 17.7 Å². The number of fused-ring (bicyclic) bond motifs is 1. The molecule has 0 atom stereocenters. The van der Waals surface area contributed by atoms with Gasteiger partial charge in [0.1, 0.15) is 11.8 Å². The Labute approximate surface area is 195 Å². The summed E-state index contributed by atoms with van der Waals surface area (Å²) >= 11 is 6.10.